The maximum Gasteiger partial charge on any atom is 0.229 e. The molecule has 1 spiro atoms. The Hall–Kier alpha value is -1.92. The van der Waals surface area contributed by atoms with E-state index in [2.05, 4.69) is 41.1 Å². The van der Waals surface area contributed by atoms with Crippen molar-refractivity contribution >= 4 is 11.8 Å². The van der Waals surface area contributed by atoms with E-state index in [-0.39, 0.29) is 23.0 Å². The normalized spacial score (nSPS) is 25.5. The quantitative estimate of drug-likeness (QED) is 0.721. The maximum absolute atomic E-state index is 13.9. The fourth-order valence-corrected chi connectivity index (χ4v) is 5.89. The van der Waals surface area contributed by atoms with Crippen LogP contribution in [-0.2, 0) is 20.7 Å². The first-order valence-corrected chi connectivity index (χ1v) is 12.2. The Balaban J connectivity index is 1.44. The summed E-state index contributed by atoms with van der Waals surface area (Å²) in [5, 5.41) is 0. The number of ether oxygens (including phenoxy) is 1. The number of carbonyl (C=O) groups excluding carboxylic acids is 2. The van der Waals surface area contributed by atoms with E-state index < -0.39 is 0 Å². The Kier molecular flexibility index (Phi) is 6.91. The zero-order chi connectivity index (χ0) is 22.8. The summed E-state index contributed by atoms with van der Waals surface area (Å²) >= 11 is 0. The van der Waals surface area contributed by atoms with Crippen molar-refractivity contribution in [1.82, 2.24) is 14.7 Å². The lowest BCUT2D eigenvalue weighted by Crippen LogP contribution is -2.57. The van der Waals surface area contributed by atoms with Crippen LogP contribution in [0.5, 0.6) is 0 Å². The Morgan fingerprint density at radius 3 is 2.34 bits per heavy atom. The van der Waals surface area contributed by atoms with Gasteiger partial charge in [-0.15, -0.1) is 0 Å². The molecule has 0 bridgehead atoms. The molecule has 0 N–H and O–H groups in total. The molecule has 3 heterocycles. The number of hydrogen-bond donors (Lipinski definition) is 0. The first-order chi connectivity index (χ1) is 15.3. The molecule has 176 valence electrons. The second-order valence-corrected chi connectivity index (χ2v) is 10.3. The molecule has 0 aromatic heterocycles. The van der Waals surface area contributed by atoms with Crippen LogP contribution in [0.2, 0.25) is 0 Å². The van der Waals surface area contributed by atoms with Crippen LogP contribution < -0.4 is 0 Å². The van der Waals surface area contributed by atoms with Gasteiger partial charge < -0.3 is 19.4 Å². The highest BCUT2D eigenvalue weighted by Gasteiger charge is 2.47. The van der Waals surface area contributed by atoms with Crippen molar-refractivity contribution in [2.45, 2.75) is 63.5 Å². The molecule has 2 amide bonds. The topological polar surface area (TPSA) is 53.1 Å². The summed E-state index contributed by atoms with van der Waals surface area (Å²) in [5.74, 6) is 0.447. The van der Waals surface area contributed by atoms with Crippen LogP contribution in [0.4, 0.5) is 0 Å². The van der Waals surface area contributed by atoms with Crippen LogP contribution in [0, 0.1) is 5.41 Å². The van der Waals surface area contributed by atoms with Gasteiger partial charge in [-0.25, -0.2) is 0 Å². The molecule has 1 atom stereocenters. The molecule has 6 heteroatoms. The third-order valence-corrected chi connectivity index (χ3v) is 8.26. The smallest absolute Gasteiger partial charge is 0.229 e. The Morgan fingerprint density at radius 1 is 1.06 bits per heavy atom. The zero-order valence-electron chi connectivity index (χ0n) is 20.0. The average molecular weight is 442 g/mol. The number of benzene rings is 1. The molecule has 4 rings (SSSR count). The van der Waals surface area contributed by atoms with Crippen molar-refractivity contribution in [3.8, 4) is 0 Å². The number of rotatable bonds is 4. The van der Waals surface area contributed by atoms with E-state index in [1.54, 1.807) is 6.92 Å². The third-order valence-electron chi connectivity index (χ3n) is 8.26. The summed E-state index contributed by atoms with van der Waals surface area (Å²) in [5.41, 5.74) is 0.760. The van der Waals surface area contributed by atoms with Gasteiger partial charge in [0.15, 0.2) is 0 Å². The fraction of sp³-hybridized carbons (Fsp3) is 0.692. The van der Waals surface area contributed by atoms with E-state index in [9.17, 15) is 9.59 Å². The lowest BCUT2D eigenvalue weighted by Gasteiger charge is -2.49. The Labute approximate surface area is 192 Å². The second kappa shape index (κ2) is 9.52. The van der Waals surface area contributed by atoms with Crippen molar-refractivity contribution in [2.24, 2.45) is 5.41 Å². The van der Waals surface area contributed by atoms with E-state index >= 15 is 0 Å². The van der Waals surface area contributed by atoms with Crippen molar-refractivity contribution in [3.05, 3.63) is 35.9 Å². The SMILES string of the molecule is CC(=O)N(C)[C@@H]1CCOC2(CCN(C(=O)C3(Cc4ccccc4)CCN(C)CC3)CC2)C1. The largest absolute Gasteiger partial charge is 0.375 e. The van der Waals surface area contributed by atoms with Crippen LogP contribution in [0.1, 0.15) is 51.0 Å². The van der Waals surface area contributed by atoms with E-state index in [0.717, 1.165) is 71.1 Å². The number of piperidine rings is 2. The molecule has 3 fully saturated rings. The summed E-state index contributed by atoms with van der Waals surface area (Å²) < 4.78 is 6.29. The highest BCUT2D eigenvalue weighted by molar-refractivity contribution is 5.83. The van der Waals surface area contributed by atoms with E-state index in [1.165, 1.54) is 5.56 Å². The van der Waals surface area contributed by atoms with E-state index in [0.29, 0.717) is 12.5 Å². The average Bonchev–Trinajstić information content (AvgIpc) is 2.81. The summed E-state index contributed by atoms with van der Waals surface area (Å²) in [7, 11) is 4.05. The van der Waals surface area contributed by atoms with Gasteiger partial charge in [0.05, 0.1) is 11.0 Å². The van der Waals surface area contributed by atoms with Crippen molar-refractivity contribution < 1.29 is 14.3 Å². The molecule has 0 saturated carbocycles. The van der Waals surface area contributed by atoms with Crippen LogP contribution >= 0.6 is 0 Å². The summed E-state index contributed by atoms with van der Waals surface area (Å²) in [6.07, 6.45) is 6.16. The fourth-order valence-electron chi connectivity index (χ4n) is 5.89. The van der Waals surface area contributed by atoms with Crippen LogP contribution in [0.3, 0.4) is 0 Å². The molecule has 3 saturated heterocycles. The van der Waals surface area contributed by atoms with E-state index in [4.69, 9.17) is 4.74 Å². The van der Waals surface area contributed by atoms with Crippen LogP contribution in [0.15, 0.2) is 30.3 Å². The summed E-state index contributed by atoms with van der Waals surface area (Å²) in [6.45, 7) is 5.78. The predicted molar refractivity (Wildman–Crippen MR) is 125 cm³/mol. The number of amides is 2. The highest BCUT2D eigenvalue weighted by Crippen LogP contribution is 2.41. The lowest BCUT2D eigenvalue weighted by molar-refractivity contribution is -0.160. The molecule has 3 aliphatic rings. The minimum absolute atomic E-state index is 0.116. The van der Waals surface area contributed by atoms with Gasteiger partial charge in [0, 0.05) is 39.7 Å². The first-order valence-electron chi connectivity index (χ1n) is 12.2. The molecule has 0 radical (unpaired) electrons. The maximum atomic E-state index is 13.9. The minimum Gasteiger partial charge on any atom is -0.375 e. The van der Waals surface area contributed by atoms with Gasteiger partial charge in [0.1, 0.15) is 0 Å². The highest BCUT2D eigenvalue weighted by atomic mass is 16.5. The molecule has 1 aromatic rings. The van der Waals surface area contributed by atoms with Gasteiger partial charge in [-0.1, -0.05) is 30.3 Å². The predicted octanol–water partition coefficient (Wildman–Crippen LogP) is 2.96. The van der Waals surface area contributed by atoms with Gasteiger partial charge >= 0.3 is 0 Å². The molecule has 32 heavy (non-hydrogen) atoms. The molecular weight excluding hydrogens is 402 g/mol. The number of hydrogen-bond acceptors (Lipinski definition) is 4. The Bertz CT molecular complexity index is 796. The Morgan fingerprint density at radius 2 is 1.72 bits per heavy atom. The monoisotopic (exact) mass is 441 g/mol. The number of likely N-dealkylation sites (tertiary alicyclic amines) is 2. The van der Waals surface area contributed by atoms with Gasteiger partial charge in [-0.2, -0.15) is 0 Å². The van der Waals surface area contributed by atoms with Gasteiger partial charge in [0.2, 0.25) is 11.8 Å². The summed E-state index contributed by atoms with van der Waals surface area (Å²) in [4.78, 5) is 32.1. The van der Waals surface area contributed by atoms with Crippen molar-refractivity contribution in [2.75, 3.05) is 46.9 Å². The number of carbonyl (C=O) groups is 2. The lowest BCUT2D eigenvalue weighted by atomic mass is 9.72. The van der Waals surface area contributed by atoms with Gasteiger partial charge in [0.25, 0.3) is 0 Å². The van der Waals surface area contributed by atoms with Crippen molar-refractivity contribution in [1.29, 1.82) is 0 Å². The third kappa shape index (κ3) is 4.86. The van der Waals surface area contributed by atoms with Crippen LogP contribution in [-0.4, -0.2) is 85.0 Å². The van der Waals surface area contributed by atoms with E-state index in [1.807, 2.05) is 18.0 Å². The minimum atomic E-state index is -0.302. The first kappa shape index (κ1) is 23.2. The second-order valence-electron chi connectivity index (χ2n) is 10.3. The van der Waals surface area contributed by atoms with Crippen LogP contribution in [0.25, 0.3) is 0 Å². The summed E-state index contributed by atoms with van der Waals surface area (Å²) in [6, 6.07) is 10.7. The standard InChI is InChI=1S/C26H39N3O3/c1-21(30)28(3)23-9-18-32-26(20-23)12-16-29(17-13-26)24(31)25(10-14-27(2)15-11-25)19-22-7-5-4-6-8-22/h4-8,23H,9-20H2,1-3H3/t23-/m1/s1. The molecule has 0 aliphatic carbocycles. The zero-order valence-corrected chi connectivity index (χ0v) is 20.0. The number of nitrogens with zero attached hydrogens (tertiary/aromatic N) is 3. The van der Waals surface area contributed by atoms with Crippen molar-refractivity contribution in [3.63, 3.8) is 0 Å². The molecule has 3 aliphatic heterocycles. The molecule has 6 nitrogen and oxygen atoms in total. The molecule has 1 aromatic carbocycles. The molecular formula is C26H39N3O3. The molecule has 0 unspecified atom stereocenters. The van der Waals surface area contributed by atoms with Gasteiger partial charge in [-0.05, 0) is 70.6 Å². The van der Waals surface area contributed by atoms with Gasteiger partial charge in [-0.3, -0.25) is 9.59 Å².